The Morgan fingerprint density at radius 2 is 2.00 bits per heavy atom. The minimum Gasteiger partial charge on any atom is -0.490 e. The van der Waals surface area contributed by atoms with Crippen molar-refractivity contribution in [2.24, 2.45) is 0 Å². The number of nitrogens with one attached hydrogen (secondary N) is 1. The van der Waals surface area contributed by atoms with Crippen molar-refractivity contribution >= 4 is 10.0 Å². The summed E-state index contributed by atoms with van der Waals surface area (Å²) in [7, 11) is -3.62. The minimum atomic E-state index is -3.62. The Bertz CT molecular complexity index is 823. The number of ether oxygens (including phenoxy) is 2. The maximum Gasteiger partial charge on any atom is 0.243 e. The van der Waals surface area contributed by atoms with E-state index in [1.165, 1.54) is 10.6 Å². The predicted molar refractivity (Wildman–Crippen MR) is 95.9 cm³/mol. The van der Waals surface area contributed by atoms with E-state index in [1.807, 2.05) is 13.8 Å². The monoisotopic (exact) mass is 380 g/mol. The van der Waals surface area contributed by atoms with E-state index in [-0.39, 0.29) is 10.8 Å². The van der Waals surface area contributed by atoms with Gasteiger partial charge in [-0.15, -0.1) is 0 Å². The van der Waals surface area contributed by atoms with Gasteiger partial charge in [-0.3, -0.25) is 5.10 Å². The van der Waals surface area contributed by atoms with Crippen LogP contribution in [0.25, 0.3) is 0 Å². The molecule has 1 aliphatic heterocycles. The maximum absolute atomic E-state index is 13.1. The highest BCUT2D eigenvalue weighted by Gasteiger charge is 2.32. The summed E-state index contributed by atoms with van der Waals surface area (Å²) >= 11 is 0. The molecule has 1 aromatic heterocycles. The van der Waals surface area contributed by atoms with Gasteiger partial charge in [-0.25, -0.2) is 13.4 Å². The SMILES string of the molecule is CCOc1ccc(S(=O)(=O)N2CCC[C@H](c3ncn[nH]3)C2)cc1OCC. The highest BCUT2D eigenvalue weighted by molar-refractivity contribution is 7.89. The summed E-state index contributed by atoms with van der Waals surface area (Å²) in [5.74, 6) is 1.74. The molecule has 26 heavy (non-hydrogen) atoms. The summed E-state index contributed by atoms with van der Waals surface area (Å²) < 4.78 is 38.8. The van der Waals surface area contributed by atoms with E-state index in [0.717, 1.165) is 18.7 Å². The molecule has 0 unspecified atom stereocenters. The first-order chi connectivity index (χ1) is 12.6. The van der Waals surface area contributed by atoms with Crippen molar-refractivity contribution in [3.8, 4) is 11.5 Å². The van der Waals surface area contributed by atoms with Gasteiger partial charge in [0.2, 0.25) is 10.0 Å². The van der Waals surface area contributed by atoms with Gasteiger partial charge in [0.05, 0.1) is 18.1 Å². The fourth-order valence-corrected chi connectivity index (χ4v) is 4.68. The van der Waals surface area contributed by atoms with Crippen LogP contribution in [0.5, 0.6) is 11.5 Å². The lowest BCUT2D eigenvalue weighted by atomic mass is 9.99. The van der Waals surface area contributed by atoms with Crippen LogP contribution < -0.4 is 9.47 Å². The molecule has 2 heterocycles. The van der Waals surface area contributed by atoms with E-state index < -0.39 is 10.0 Å². The molecule has 0 saturated carbocycles. The second-order valence-corrected chi connectivity index (χ2v) is 7.99. The molecule has 1 N–H and O–H groups in total. The average molecular weight is 380 g/mol. The van der Waals surface area contributed by atoms with Gasteiger partial charge in [0.15, 0.2) is 11.5 Å². The quantitative estimate of drug-likeness (QED) is 0.791. The van der Waals surface area contributed by atoms with Crippen LogP contribution in [0.15, 0.2) is 29.4 Å². The largest absolute Gasteiger partial charge is 0.490 e. The van der Waals surface area contributed by atoms with E-state index in [4.69, 9.17) is 9.47 Å². The molecule has 1 atom stereocenters. The zero-order chi connectivity index (χ0) is 18.6. The minimum absolute atomic E-state index is 0.0232. The summed E-state index contributed by atoms with van der Waals surface area (Å²) in [6, 6.07) is 4.77. The third-order valence-electron chi connectivity index (χ3n) is 4.36. The molecule has 142 valence electrons. The molecule has 0 radical (unpaired) electrons. The van der Waals surface area contributed by atoms with E-state index in [0.29, 0.717) is 37.8 Å². The average Bonchev–Trinajstić information content (AvgIpc) is 3.18. The second kappa shape index (κ2) is 8.05. The topological polar surface area (TPSA) is 97.4 Å². The Morgan fingerprint density at radius 1 is 1.23 bits per heavy atom. The van der Waals surface area contributed by atoms with Gasteiger partial charge in [0.1, 0.15) is 12.2 Å². The number of rotatable bonds is 7. The Morgan fingerprint density at radius 3 is 2.69 bits per heavy atom. The fourth-order valence-electron chi connectivity index (χ4n) is 3.14. The number of nitrogens with zero attached hydrogens (tertiary/aromatic N) is 3. The number of benzene rings is 1. The standard InChI is InChI=1S/C17H24N4O4S/c1-3-24-15-8-7-14(10-16(15)25-4-2)26(22,23)21-9-5-6-13(11-21)17-18-12-19-20-17/h7-8,10,12-13H,3-6,9,11H2,1-2H3,(H,18,19,20)/t13-/m0/s1. The number of piperidine rings is 1. The second-order valence-electron chi connectivity index (χ2n) is 6.05. The molecule has 0 spiro atoms. The van der Waals surface area contributed by atoms with Crippen LogP contribution in [0, 0.1) is 0 Å². The number of H-pyrrole nitrogens is 1. The van der Waals surface area contributed by atoms with Gasteiger partial charge in [0, 0.05) is 25.1 Å². The van der Waals surface area contributed by atoms with Crippen LogP contribution in [-0.2, 0) is 10.0 Å². The van der Waals surface area contributed by atoms with Gasteiger partial charge in [-0.1, -0.05) is 0 Å². The third kappa shape index (κ3) is 3.83. The summed E-state index contributed by atoms with van der Waals surface area (Å²) in [6.07, 6.45) is 3.11. The van der Waals surface area contributed by atoms with Gasteiger partial charge in [-0.05, 0) is 38.8 Å². The number of hydrogen-bond donors (Lipinski definition) is 1. The molecule has 1 aliphatic rings. The summed E-state index contributed by atoms with van der Waals surface area (Å²) in [4.78, 5) is 4.39. The van der Waals surface area contributed by atoms with Gasteiger partial charge in [0.25, 0.3) is 0 Å². The van der Waals surface area contributed by atoms with Gasteiger partial charge >= 0.3 is 0 Å². The summed E-state index contributed by atoms with van der Waals surface area (Å²) in [5.41, 5.74) is 0. The first-order valence-electron chi connectivity index (χ1n) is 8.81. The van der Waals surface area contributed by atoms with E-state index in [1.54, 1.807) is 18.2 Å². The highest BCUT2D eigenvalue weighted by atomic mass is 32.2. The molecule has 3 rings (SSSR count). The molecule has 2 aromatic rings. The van der Waals surface area contributed by atoms with Crippen molar-refractivity contribution in [1.82, 2.24) is 19.5 Å². The number of aromatic nitrogens is 3. The molecule has 8 nitrogen and oxygen atoms in total. The maximum atomic E-state index is 13.1. The van der Waals surface area contributed by atoms with Crippen LogP contribution in [-0.4, -0.2) is 54.2 Å². The smallest absolute Gasteiger partial charge is 0.243 e. The van der Waals surface area contributed by atoms with Crippen LogP contribution in [0.1, 0.15) is 38.4 Å². The molecular weight excluding hydrogens is 356 g/mol. The number of aromatic amines is 1. The van der Waals surface area contributed by atoms with Crippen molar-refractivity contribution in [2.75, 3.05) is 26.3 Å². The first kappa shape index (κ1) is 18.7. The summed E-state index contributed by atoms with van der Waals surface area (Å²) in [5, 5.41) is 6.71. The van der Waals surface area contributed by atoms with Crippen molar-refractivity contribution in [3.63, 3.8) is 0 Å². The van der Waals surface area contributed by atoms with E-state index >= 15 is 0 Å². The van der Waals surface area contributed by atoms with Crippen molar-refractivity contribution in [2.45, 2.75) is 37.5 Å². The molecule has 1 fully saturated rings. The zero-order valence-corrected chi connectivity index (χ0v) is 15.8. The molecule has 0 bridgehead atoms. The molecule has 0 amide bonds. The number of sulfonamides is 1. The highest BCUT2D eigenvalue weighted by Crippen LogP contribution is 2.33. The molecule has 1 aromatic carbocycles. The van der Waals surface area contributed by atoms with Crippen LogP contribution in [0.2, 0.25) is 0 Å². The van der Waals surface area contributed by atoms with Gasteiger partial charge in [-0.2, -0.15) is 9.40 Å². The predicted octanol–water partition coefficient (Wildman–Crippen LogP) is 2.17. The summed E-state index contributed by atoms with van der Waals surface area (Å²) in [6.45, 7) is 5.51. The number of hydrogen-bond acceptors (Lipinski definition) is 6. The van der Waals surface area contributed by atoms with Crippen molar-refractivity contribution < 1.29 is 17.9 Å². The molecular formula is C17H24N4O4S. The lowest BCUT2D eigenvalue weighted by Crippen LogP contribution is -2.39. The van der Waals surface area contributed by atoms with Gasteiger partial charge < -0.3 is 9.47 Å². The van der Waals surface area contributed by atoms with E-state index in [9.17, 15) is 8.42 Å². The Labute approximate surface area is 153 Å². The lowest BCUT2D eigenvalue weighted by Gasteiger charge is -2.31. The third-order valence-corrected chi connectivity index (χ3v) is 6.22. The fraction of sp³-hybridized carbons (Fsp3) is 0.529. The van der Waals surface area contributed by atoms with Crippen LogP contribution in [0.4, 0.5) is 0 Å². The lowest BCUT2D eigenvalue weighted by molar-refractivity contribution is 0.286. The molecule has 0 aliphatic carbocycles. The molecule has 1 saturated heterocycles. The first-order valence-corrected chi connectivity index (χ1v) is 10.2. The molecule has 9 heteroatoms. The Kier molecular flexibility index (Phi) is 5.77. The van der Waals surface area contributed by atoms with Crippen molar-refractivity contribution in [1.29, 1.82) is 0 Å². The van der Waals surface area contributed by atoms with E-state index in [2.05, 4.69) is 15.2 Å². The van der Waals surface area contributed by atoms with Crippen molar-refractivity contribution in [3.05, 3.63) is 30.4 Å². The Balaban J connectivity index is 1.86. The Hall–Kier alpha value is -2.13. The van der Waals surface area contributed by atoms with Crippen LogP contribution in [0.3, 0.4) is 0 Å². The normalized spacial score (nSPS) is 18.6. The zero-order valence-electron chi connectivity index (χ0n) is 15.0. The van der Waals surface area contributed by atoms with Crippen LogP contribution >= 0.6 is 0 Å².